The second-order valence-electron chi connectivity index (χ2n) is 5.63. The molecule has 3 rings (SSSR count). The standard InChI is InChI=1S/C18H17FN4O3/c1-12(23-18(25)15-4-2-3-5-16(15)21-22-23)17(24)20-10-11-26-14-8-6-13(19)7-9-14/h2-9,12H,10-11H2,1H3,(H,20,24). The third kappa shape index (κ3) is 3.85. The second kappa shape index (κ2) is 7.73. The molecule has 1 aromatic heterocycles. The van der Waals surface area contributed by atoms with Gasteiger partial charge in [0.05, 0.1) is 11.9 Å². The summed E-state index contributed by atoms with van der Waals surface area (Å²) in [6.45, 7) is 2.01. The molecule has 0 aliphatic heterocycles. The molecule has 1 heterocycles. The Balaban J connectivity index is 1.58. The summed E-state index contributed by atoms with van der Waals surface area (Å²) in [5.41, 5.74) is 0.106. The van der Waals surface area contributed by atoms with Gasteiger partial charge in [-0.3, -0.25) is 9.59 Å². The van der Waals surface area contributed by atoms with Crippen LogP contribution in [-0.2, 0) is 4.79 Å². The fraction of sp³-hybridized carbons (Fsp3) is 0.222. The minimum absolute atomic E-state index is 0.211. The van der Waals surface area contributed by atoms with Crippen molar-refractivity contribution in [1.82, 2.24) is 20.3 Å². The van der Waals surface area contributed by atoms with E-state index in [0.717, 1.165) is 4.68 Å². The van der Waals surface area contributed by atoms with E-state index in [0.29, 0.717) is 16.7 Å². The van der Waals surface area contributed by atoms with Crippen LogP contribution in [0.2, 0.25) is 0 Å². The van der Waals surface area contributed by atoms with Crippen molar-refractivity contribution >= 4 is 16.8 Å². The van der Waals surface area contributed by atoms with Gasteiger partial charge in [-0.15, -0.1) is 5.10 Å². The minimum atomic E-state index is -0.814. The molecular weight excluding hydrogens is 339 g/mol. The van der Waals surface area contributed by atoms with E-state index in [4.69, 9.17) is 4.74 Å². The monoisotopic (exact) mass is 356 g/mol. The number of halogens is 1. The molecule has 0 radical (unpaired) electrons. The van der Waals surface area contributed by atoms with E-state index >= 15 is 0 Å². The van der Waals surface area contributed by atoms with Crippen molar-refractivity contribution in [3.05, 3.63) is 64.7 Å². The van der Waals surface area contributed by atoms with Crippen molar-refractivity contribution in [2.75, 3.05) is 13.2 Å². The zero-order valence-electron chi connectivity index (χ0n) is 14.1. The molecule has 26 heavy (non-hydrogen) atoms. The third-order valence-electron chi connectivity index (χ3n) is 3.82. The van der Waals surface area contributed by atoms with E-state index < -0.39 is 6.04 Å². The first-order valence-corrected chi connectivity index (χ1v) is 8.06. The van der Waals surface area contributed by atoms with Gasteiger partial charge in [-0.25, -0.2) is 4.39 Å². The number of benzene rings is 2. The summed E-state index contributed by atoms with van der Waals surface area (Å²) < 4.78 is 19.3. The minimum Gasteiger partial charge on any atom is -0.492 e. The lowest BCUT2D eigenvalue weighted by Gasteiger charge is -2.14. The van der Waals surface area contributed by atoms with Crippen molar-refractivity contribution in [3.63, 3.8) is 0 Å². The highest BCUT2D eigenvalue weighted by Crippen LogP contribution is 2.10. The van der Waals surface area contributed by atoms with Crippen LogP contribution < -0.4 is 15.6 Å². The SMILES string of the molecule is CC(C(=O)NCCOc1ccc(F)cc1)n1nnc2ccccc2c1=O. The lowest BCUT2D eigenvalue weighted by molar-refractivity contribution is -0.124. The molecule has 2 aromatic carbocycles. The number of carbonyl (C=O) groups excluding carboxylic acids is 1. The van der Waals surface area contributed by atoms with Crippen LogP contribution in [-0.4, -0.2) is 34.1 Å². The number of rotatable bonds is 6. The third-order valence-corrected chi connectivity index (χ3v) is 3.82. The number of aromatic nitrogens is 3. The number of nitrogens with zero attached hydrogens (tertiary/aromatic N) is 3. The van der Waals surface area contributed by atoms with Gasteiger partial charge in [0.15, 0.2) is 0 Å². The Morgan fingerprint density at radius 2 is 1.96 bits per heavy atom. The Hall–Kier alpha value is -3.29. The number of hydrogen-bond donors (Lipinski definition) is 1. The highest BCUT2D eigenvalue weighted by atomic mass is 19.1. The van der Waals surface area contributed by atoms with Gasteiger partial charge in [0.1, 0.15) is 29.7 Å². The number of carbonyl (C=O) groups is 1. The van der Waals surface area contributed by atoms with Crippen LogP contribution in [0, 0.1) is 5.82 Å². The number of fused-ring (bicyclic) bond motifs is 1. The maximum Gasteiger partial charge on any atom is 0.278 e. The number of nitrogens with one attached hydrogen (secondary N) is 1. The molecule has 1 atom stereocenters. The summed E-state index contributed by atoms with van der Waals surface area (Å²) >= 11 is 0. The molecule has 1 N–H and O–H groups in total. The van der Waals surface area contributed by atoms with Crippen molar-refractivity contribution in [3.8, 4) is 5.75 Å². The molecule has 0 bridgehead atoms. The molecule has 1 unspecified atom stereocenters. The number of ether oxygens (including phenoxy) is 1. The van der Waals surface area contributed by atoms with Crippen molar-refractivity contribution < 1.29 is 13.9 Å². The molecule has 0 saturated heterocycles. The summed E-state index contributed by atoms with van der Waals surface area (Å²) in [5, 5.41) is 10.9. The molecule has 8 heteroatoms. The molecule has 0 aliphatic carbocycles. The second-order valence-corrected chi connectivity index (χ2v) is 5.63. The first kappa shape index (κ1) is 17.5. The molecule has 1 amide bonds. The topological polar surface area (TPSA) is 86.1 Å². The van der Waals surface area contributed by atoms with Crippen LogP contribution in [0.15, 0.2) is 53.3 Å². The van der Waals surface area contributed by atoms with E-state index in [1.54, 1.807) is 31.2 Å². The maximum absolute atomic E-state index is 12.8. The lowest BCUT2D eigenvalue weighted by Crippen LogP contribution is -2.39. The van der Waals surface area contributed by atoms with Crippen molar-refractivity contribution in [2.24, 2.45) is 0 Å². The average Bonchev–Trinajstić information content (AvgIpc) is 2.66. The van der Waals surface area contributed by atoms with Crippen LogP contribution in [0.5, 0.6) is 5.75 Å². The zero-order chi connectivity index (χ0) is 18.5. The highest BCUT2D eigenvalue weighted by molar-refractivity contribution is 5.81. The van der Waals surface area contributed by atoms with E-state index in [1.807, 2.05) is 0 Å². The molecule has 0 aliphatic rings. The highest BCUT2D eigenvalue weighted by Gasteiger charge is 2.18. The molecule has 0 fully saturated rings. The summed E-state index contributed by atoms with van der Waals surface area (Å²) in [6, 6.07) is 11.6. The van der Waals surface area contributed by atoms with Gasteiger partial charge in [-0.05, 0) is 43.3 Å². The van der Waals surface area contributed by atoms with Crippen LogP contribution in [0.25, 0.3) is 10.9 Å². The predicted octanol–water partition coefficient (Wildman–Crippen LogP) is 1.69. The van der Waals surface area contributed by atoms with E-state index in [-0.39, 0.29) is 30.4 Å². The van der Waals surface area contributed by atoms with Crippen LogP contribution in [0.4, 0.5) is 4.39 Å². The fourth-order valence-corrected chi connectivity index (χ4v) is 2.39. The Labute approximate surface area is 148 Å². The van der Waals surface area contributed by atoms with Crippen molar-refractivity contribution in [2.45, 2.75) is 13.0 Å². The Morgan fingerprint density at radius 1 is 1.23 bits per heavy atom. The summed E-state index contributed by atoms with van der Waals surface area (Å²) in [5.74, 6) is -0.217. The van der Waals surface area contributed by atoms with Crippen molar-refractivity contribution in [1.29, 1.82) is 0 Å². The molecule has 7 nitrogen and oxygen atoms in total. The molecule has 0 spiro atoms. The number of hydrogen-bond acceptors (Lipinski definition) is 5. The normalized spacial score (nSPS) is 11.9. The smallest absolute Gasteiger partial charge is 0.278 e. The summed E-state index contributed by atoms with van der Waals surface area (Å²) in [7, 11) is 0. The van der Waals surface area contributed by atoms with Crippen LogP contribution in [0.1, 0.15) is 13.0 Å². The molecule has 134 valence electrons. The maximum atomic E-state index is 12.8. The Bertz CT molecular complexity index is 972. The molecule has 0 saturated carbocycles. The largest absolute Gasteiger partial charge is 0.492 e. The number of amides is 1. The first-order chi connectivity index (χ1) is 12.6. The first-order valence-electron chi connectivity index (χ1n) is 8.06. The van der Waals surface area contributed by atoms with E-state index in [9.17, 15) is 14.0 Å². The predicted molar refractivity (Wildman–Crippen MR) is 93.4 cm³/mol. The van der Waals surface area contributed by atoms with Gasteiger partial charge in [0.25, 0.3) is 5.56 Å². The van der Waals surface area contributed by atoms with E-state index in [1.165, 1.54) is 24.3 Å². The van der Waals surface area contributed by atoms with Gasteiger partial charge in [-0.1, -0.05) is 17.3 Å². The fourth-order valence-electron chi connectivity index (χ4n) is 2.39. The van der Waals surface area contributed by atoms with Gasteiger partial charge >= 0.3 is 0 Å². The Morgan fingerprint density at radius 3 is 2.73 bits per heavy atom. The quantitative estimate of drug-likeness (QED) is 0.679. The average molecular weight is 356 g/mol. The Kier molecular flexibility index (Phi) is 5.21. The van der Waals surface area contributed by atoms with Crippen LogP contribution in [0.3, 0.4) is 0 Å². The molecular formula is C18H17FN4O3. The summed E-state index contributed by atoms with van der Waals surface area (Å²) in [6.07, 6.45) is 0. The van der Waals surface area contributed by atoms with Gasteiger partial charge in [-0.2, -0.15) is 4.68 Å². The zero-order valence-corrected chi connectivity index (χ0v) is 14.1. The van der Waals surface area contributed by atoms with Gasteiger partial charge in [0, 0.05) is 0 Å². The van der Waals surface area contributed by atoms with Gasteiger partial charge in [0.2, 0.25) is 5.91 Å². The van der Waals surface area contributed by atoms with Gasteiger partial charge < -0.3 is 10.1 Å². The molecule has 3 aromatic rings. The van der Waals surface area contributed by atoms with Crippen LogP contribution >= 0.6 is 0 Å². The summed E-state index contributed by atoms with van der Waals surface area (Å²) in [4.78, 5) is 24.7. The lowest BCUT2D eigenvalue weighted by atomic mass is 10.2. The van der Waals surface area contributed by atoms with E-state index in [2.05, 4.69) is 15.6 Å².